The van der Waals surface area contributed by atoms with Gasteiger partial charge in [-0.1, -0.05) is 36.4 Å². The largest absolute Gasteiger partial charge is 0.271 e. The number of fused-ring (bicyclic) bond motifs is 2. The third-order valence-electron chi connectivity index (χ3n) is 3.93. The average Bonchev–Trinajstić information content (AvgIpc) is 2.68. The van der Waals surface area contributed by atoms with Crippen molar-refractivity contribution in [2.24, 2.45) is 5.10 Å². The van der Waals surface area contributed by atoms with Crippen LogP contribution in [0.15, 0.2) is 78.2 Å². The van der Waals surface area contributed by atoms with Crippen LogP contribution in [0.2, 0.25) is 0 Å². The van der Waals surface area contributed by atoms with Crippen molar-refractivity contribution in [2.75, 3.05) is 0 Å². The van der Waals surface area contributed by atoms with Gasteiger partial charge in [-0.15, -0.1) is 0 Å². The second-order valence-corrected chi connectivity index (χ2v) is 5.49. The summed E-state index contributed by atoms with van der Waals surface area (Å²) in [6.07, 6.45) is 4.82. The SMILES string of the molecule is O=C(N/N=C/c1c2ccccc2nc2ccccc12)c1ccncc1. The molecule has 2 aromatic heterocycles. The minimum Gasteiger partial charge on any atom is -0.267 e. The first-order chi connectivity index (χ1) is 12.3. The van der Waals surface area contributed by atoms with E-state index in [-0.39, 0.29) is 5.91 Å². The summed E-state index contributed by atoms with van der Waals surface area (Å²) in [5.41, 5.74) is 5.78. The molecule has 0 aliphatic heterocycles. The van der Waals surface area contributed by atoms with Gasteiger partial charge in [0, 0.05) is 34.3 Å². The number of nitrogens with one attached hydrogen (secondary N) is 1. The predicted molar refractivity (Wildman–Crippen MR) is 98.5 cm³/mol. The molecule has 0 atom stereocenters. The van der Waals surface area contributed by atoms with Crippen LogP contribution in [-0.2, 0) is 0 Å². The highest BCUT2D eigenvalue weighted by molar-refractivity contribution is 6.10. The molecule has 5 nitrogen and oxygen atoms in total. The molecule has 2 heterocycles. The van der Waals surface area contributed by atoms with Gasteiger partial charge < -0.3 is 0 Å². The minimum atomic E-state index is -0.277. The molecule has 0 saturated carbocycles. The Labute approximate surface area is 144 Å². The number of carbonyl (C=O) groups excluding carboxylic acids is 1. The van der Waals surface area contributed by atoms with Gasteiger partial charge in [-0.25, -0.2) is 10.4 Å². The maximum absolute atomic E-state index is 12.1. The Kier molecular flexibility index (Phi) is 3.88. The van der Waals surface area contributed by atoms with Gasteiger partial charge in [0.15, 0.2) is 0 Å². The van der Waals surface area contributed by atoms with E-state index in [4.69, 9.17) is 0 Å². The van der Waals surface area contributed by atoms with Crippen molar-refractivity contribution in [1.29, 1.82) is 0 Å². The number of para-hydroxylation sites is 2. The molecule has 0 unspecified atom stereocenters. The molecule has 4 aromatic rings. The highest BCUT2D eigenvalue weighted by Gasteiger charge is 2.07. The second-order valence-electron chi connectivity index (χ2n) is 5.49. The predicted octanol–water partition coefficient (Wildman–Crippen LogP) is 3.55. The zero-order valence-corrected chi connectivity index (χ0v) is 13.3. The molecule has 0 fully saturated rings. The number of hydrogen-bond donors (Lipinski definition) is 1. The third-order valence-corrected chi connectivity index (χ3v) is 3.93. The second kappa shape index (κ2) is 6.49. The van der Waals surface area contributed by atoms with E-state index in [2.05, 4.69) is 20.5 Å². The van der Waals surface area contributed by atoms with E-state index in [0.29, 0.717) is 5.56 Å². The first-order valence-electron chi connectivity index (χ1n) is 7.84. The van der Waals surface area contributed by atoms with Crippen LogP contribution >= 0.6 is 0 Å². The molecule has 5 heteroatoms. The number of nitrogens with zero attached hydrogens (tertiary/aromatic N) is 3. The summed E-state index contributed by atoms with van der Waals surface area (Å²) in [5.74, 6) is -0.277. The van der Waals surface area contributed by atoms with Gasteiger partial charge in [0.25, 0.3) is 5.91 Å². The lowest BCUT2D eigenvalue weighted by Gasteiger charge is -2.07. The number of hydrogen-bond acceptors (Lipinski definition) is 4. The van der Waals surface area contributed by atoms with Crippen molar-refractivity contribution in [1.82, 2.24) is 15.4 Å². The summed E-state index contributed by atoms with van der Waals surface area (Å²) in [7, 11) is 0. The fourth-order valence-corrected chi connectivity index (χ4v) is 2.74. The van der Waals surface area contributed by atoms with Crippen molar-refractivity contribution in [2.45, 2.75) is 0 Å². The molecular weight excluding hydrogens is 312 g/mol. The van der Waals surface area contributed by atoms with Gasteiger partial charge in [-0.05, 0) is 24.3 Å². The van der Waals surface area contributed by atoms with Crippen LogP contribution in [-0.4, -0.2) is 22.1 Å². The topological polar surface area (TPSA) is 67.2 Å². The Morgan fingerprint density at radius 3 is 2.12 bits per heavy atom. The van der Waals surface area contributed by atoms with Crippen LogP contribution in [0.3, 0.4) is 0 Å². The van der Waals surface area contributed by atoms with Gasteiger partial charge in [0.2, 0.25) is 0 Å². The molecule has 1 amide bonds. The van der Waals surface area contributed by atoms with Crippen LogP contribution in [0.25, 0.3) is 21.8 Å². The first kappa shape index (κ1) is 15.0. The first-order valence-corrected chi connectivity index (χ1v) is 7.84. The summed E-state index contributed by atoms with van der Waals surface area (Å²) >= 11 is 0. The third kappa shape index (κ3) is 2.95. The fraction of sp³-hybridized carbons (Fsp3) is 0. The van der Waals surface area contributed by atoms with E-state index < -0.39 is 0 Å². The number of carbonyl (C=O) groups is 1. The molecule has 2 aromatic carbocycles. The quantitative estimate of drug-likeness (QED) is 0.356. The van der Waals surface area contributed by atoms with Crippen molar-refractivity contribution in [3.63, 3.8) is 0 Å². The van der Waals surface area contributed by atoms with Gasteiger partial charge >= 0.3 is 0 Å². The standard InChI is InChI=1S/C20H14N4O/c25-20(14-9-11-21-12-10-14)24-22-13-17-15-5-1-3-7-18(15)23-19-8-4-2-6-16(17)19/h1-13H,(H,24,25)/b22-13+. The molecule has 0 radical (unpaired) electrons. The van der Waals surface area contributed by atoms with E-state index in [1.54, 1.807) is 30.7 Å². The van der Waals surface area contributed by atoms with Gasteiger partial charge in [0.05, 0.1) is 17.2 Å². The molecule has 1 N–H and O–H groups in total. The molecule has 25 heavy (non-hydrogen) atoms. The Balaban J connectivity index is 1.73. The highest BCUT2D eigenvalue weighted by Crippen LogP contribution is 2.24. The molecule has 0 bridgehead atoms. The molecule has 0 aliphatic carbocycles. The number of benzene rings is 2. The Bertz CT molecular complexity index is 1040. The van der Waals surface area contributed by atoms with Crippen molar-refractivity contribution in [3.8, 4) is 0 Å². The molecule has 0 aliphatic rings. The average molecular weight is 326 g/mol. The van der Waals surface area contributed by atoms with E-state index in [9.17, 15) is 4.79 Å². The summed E-state index contributed by atoms with van der Waals surface area (Å²) in [6, 6.07) is 19.1. The zero-order valence-electron chi connectivity index (χ0n) is 13.3. The van der Waals surface area contributed by atoms with E-state index >= 15 is 0 Å². The minimum absolute atomic E-state index is 0.277. The summed E-state index contributed by atoms with van der Waals surface area (Å²) < 4.78 is 0. The highest BCUT2D eigenvalue weighted by atomic mass is 16.2. The normalized spacial score (nSPS) is 11.2. The maximum atomic E-state index is 12.1. The number of aromatic nitrogens is 2. The fourth-order valence-electron chi connectivity index (χ4n) is 2.74. The van der Waals surface area contributed by atoms with Crippen molar-refractivity contribution < 1.29 is 4.79 Å². The molecule has 0 spiro atoms. The number of hydrazone groups is 1. The van der Waals surface area contributed by atoms with Crippen LogP contribution in [0.4, 0.5) is 0 Å². The molecular formula is C20H14N4O. The van der Waals surface area contributed by atoms with Crippen LogP contribution < -0.4 is 5.43 Å². The lowest BCUT2D eigenvalue weighted by atomic mass is 10.0. The van der Waals surface area contributed by atoms with Gasteiger partial charge in [-0.2, -0.15) is 5.10 Å². The number of amides is 1. The van der Waals surface area contributed by atoms with Crippen molar-refractivity contribution >= 4 is 33.9 Å². The number of pyridine rings is 2. The smallest absolute Gasteiger partial charge is 0.267 e. The summed E-state index contributed by atoms with van der Waals surface area (Å²) in [5, 5.41) is 6.12. The van der Waals surface area contributed by atoms with Crippen molar-refractivity contribution in [3.05, 3.63) is 84.2 Å². The van der Waals surface area contributed by atoms with Crippen LogP contribution in [0.5, 0.6) is 0 Å². The van der Waals surface area contributed by atoms with E-state index in [0.717, 1.165) is 27.4 Å². The number of rotatable bonds is 3. The van der Waals surface area contributed by atoms with E-state index in [1.165, 1.54) is 0 Å². The van der Waals surface area contributed by atoms with E-state index in [1.807, 2.05) is 48.5 Å². The zero-order chi connectivity index (χ0) is 17.1. The Hall–Kier alpha value is -3.60. The summed E-state index contributed by atoms with van der Waals surface area (Å²) in [4.78, 5) is 20.7. The maximum Gasteiger partial charge on any atom is 0.271 e. The molecule has 120 valence electrons. The van der Waals surface area contributed by atoms with Crippen LogP contribution in [0.1, 0.15) is 15.9 Å². The lowest BCUT2D eigenvalue weighted by molar-refractivity contribution is 0.0955. The van der Waals surface area contributed by atoms with Gasteiger partial charge in [-0.3, -0.25) is 9.78 Å². The Morgan fingerprint density at radius 2 is 1.48 bits per heavy atom. The van der Waals surface area contributed by atoms with Gasteiger partial charge in [0.1, 0.15) is 0 Å². The monoisotopic (exact) mass is 326 g/mol. The lowest BCUT2D eigenvalue weighted by Crippen LogP contribution is -2.17. The molecule has 4 rings (SSSR count). The molecule has 0 saturated heterocycles. The Morgan fingerprint density at radius 1 is 0.880 bits per heavy atom. The summed E-state index contributed by atoms with van der Waals surface area (Å²) in [6.45, 7) is 0. The van der Waals surface area contributed by atoms with Crippen LogP contribution in [0, 0.1) is 0 Å².